The highest BCUT2D eigenvalue weighted by Gasteiger charge is 2.25. The van der Waals surface area contributed by atoms with Crippen LogP contribution in [0.3, 0.4) is 0 Å². The third-order valence-corrected chi connectivity index (χ3v) is 3.64. The lowest BCUT2D eigenvalue weighted by Crippen LogP contribution is -2.44. The van der Waals surface area contributed by atoms with Crippen LogP contribution in [0.5, 0.6) is 0 Å². The Labute approximate surface area is 92.8 Å². The number of carbonyl (C=O) groups is 1. The minimum Gasteiger partial charge on any atom is -0.354 e. The summed E-state index contributed by atoms with van der Waals surface area (Å²) in [6, 6.07) is 0.115. The second kappa shape index (κ2) is 6.11. The average Bonchev–Trinajstić information content (AvgIpc) is 2.14. The van der Waals surface area contributed by atoms with Crippen molar-refractivity contribution >= 4 is 5.91 Å². The van der Waals surface area contributed by atoms with Crippen LogP contribution in [0.1, 0.15) is 46.0 Å². The Balaban J connectivity index is 2.19. The van der Waals surface area contributed by atoms with Gasteiger partial charge in [0, 0.05) is 18.5 Å². The lowest BCUT2D eigenvalue weighted by molar-refractivity contribution is -0.127. The molecule has 1 aliphatic rings. The zero-order chi connectivity index (χ0) is 11.3. The molecule has 1 atom stereocenters. The van der Waals surface area contributed by atoms with E-state index in [0.29, 0.717) is 12.5 Å². The van der Waals surface area contributed by atoms with Crippen LogP contribution in [0.15, 0.2) is 0 Å². The molecule has 0 aromatic rings. The quantitative estimate of drug-likeness (QED) is 0.703. The van der Waals surface area contributed by atoms with Crippen LogP contribution in [0.4, 0.5) is 0 Å². The van der Waals surface area contributed by atoms with Crippen molar-refractivity contribution in [2.24, 2.45) is 17.6 Å². The fourth-order valence-corrected chi connectivity index (χ4v) is 2.09. The first-order chi connectivity index (χ1) is 7.19. The molecule has 1 rings (SSSR count). The standard InChI is InChI=1S/C12H24N2O/c1-3-9(4-2)11(13)8-14-12(15)10-6-5-7-10/h9-11H,3-8,13H2,1-2H3,(H,14,15). The van der Waals surface area contributed by atoms with Crippen LogP contribution < -0.4 is 11.1 Å². The maximum Gasteiger partial charge on any atom is 0.223 e. The van der Waals surface area contributed by atoms with E-state index in [2.05, 4.69) is 19.2 Å². The van der Waals surface area contributed by atoms with Gasteiger partial charge in [-0.1, -0.05) is 33.1 Å². The van der Waals surface area contributed by atoms with Gasteiger partial charge in [0.1, 0.15) is 0 Å². The topological polar surface area (TPSA) is 55.1 Å². The fourth-order valence-electron chi connectivity index (χ4n) is 2.09. The maximum atomic E-state index is 11.6. The van der Waals surface area contributed by atoms with Gasteiger partial charge in [0.05, 0.1) is 0 Å². The van der Waals surface area contributed by atoms with Gasteiger partial charge in [-0.05, 0) is 18.8 Å². The molecule has 15 heavy (non-hydrogen) atoms. The van der Waals surface area contributed by atoms with Crippen molar-refractivity contribution in [1.82, 2.24) is 5.32 Å². The van der Waals surface area contributed by atoms with E-state index in [1.807, 2.05) is 0 Å². The van der Waals surface area contributed by atoms with Crippen molar-refractivity contribution in [2.45, 2.75) is 52.0 Å². The SMILES string of the molecule is CCC(CC)C(N)CNC(=O)C1CCC1. The Bertz CT molecular complexity index is 198. The van der Waals surface area contributed by atoms with Crippen molar-refractivity contribution < 1.29 is 4.79 Å². The summed E-state index contributed by atoms with van der Waals surface area (Å²) < 4.78 is 0. The van der Waals surface area contributed by atoms with Crippen LogP contribution in [0, 0.1) is 11.8 Å². The number of nitrogens with two attached hydrogens (primary N) is 1. The number of rotatable bonds is 6. The predicted octanol–water partition coefficient (Wildman–Crippen LogP) is 1.67. The van der Waals surface area contributed by atoms with Gasteiger partial charge in [-0.15, -0.1) is 0 Å². The molecule has 88 valence electrons. The van der Waals surface area contributed by atoms with Crippen molar-refractivity contribution in [3.05, 3.63) is 0 Å². The molecule has 3 N–H and O–H groups in total. The van der Waals surface area contributed by atoms with Gasteiger partial charge < -0.3 is 11.1 Å². The lowest BCUT2D eigenvalue weighted by atomic mass is 9.84. The summed E-state index contributed by atoms with van der Waals surface area (Å²) in [4.78, 5) is 11.6. The molecule has 1 fully saturated rings. The zero-order valence-corrected chi connectivity index (χ0v) is 9.96. The molecule has 0 saturated heterocycles. The zero-order valence-electron chi connectivity index (χ0n) is 9.96. The molecular formula is C12H24N2O. The second-order valence-electron chi connectivity index (χ2n) is 4.61. The molecule has 0 aliphatic heterocycles. The normalized spacial score (nSPS) is 18.7. The minimum atomic E-state index is 0.115. The molecule has 0 radical (unpaired) electrons. The van der Waals surface area contributed by atoms with Gasteiger partial charge in [-0.2, -0.15) is 0 Å². The summed E-state index contributed by atoms with van der Waals surface area (Å²) in [6.07, 6.45) is 5.52. The molecule has 3 nitrogen and oxygen atoms in total. The summed E-state index contributed by atoms with van der Waals surface area (Å²) >= 11 is 0. The Morgan fingerprint density at radius 2 is 2.00 bits per heavy atom. The van der Waals surface area contributed by atoms with Crippen LogP contribution in [-0.2, 0) is 4.79 Å². The van der Waals surface area contributed by atoms with Crippen LogP contribution >= 0.6 is 0 Å². The highest BCUT2D eigenvalue weighted by atomic mass is 16.1. The first-order valence-electron chi connectivity index (χ1n) is 6.22. The molecule has 3 heteroatoms. The molecule has 0 aromatic heterocycles. The van der Waals surface area contributed by atoms with E-state index < -0.39 is 0 Å². The molecule has 0 heterocycles. The van der Waals surface area contributed by atoms with E-state index in [9.17, 15) is 4.79 Å². The van der Waals surface area contributed by atoms with E-state index in [0.717, 1.165) is 25.7 Å². The number of nitrogens with one attached hydrogen (secondary N) is 1. The molecule has 0 aromatic carbocycles. The van der Waals surface area contributed by atoms with Gasteiger partial charge in [0.25, 0.3) is 0 Å². The van der Waals surface area contributed by atoms with Crippen molar-refractivity contribution in [3.8, 4) is 0 Å². The van der Waals surface area contributed by atoms with E-state index in [1.165, 1.54) is 6.42 Å². The fraction of sp³-hybridized carbons (Fsp3) is 0.917. The highest BCUT2D eigenvalue weighted by Crippen LogP contribution is 2.26. The monoisotopic (exact) mass is 212 g/mol. The second-order valence-corrected chi connectivity index (χ2v) is 4.61. The first kappa shape index (κ1) is 12.5. The summed E-state index contributed by atoms with van der Waals surface area (Å²) in [7, 11) is 0. The van der Waals surface area contributed by atoms with Crippen molar-refractivity contribution in [3.63, 3.8) is 0 Å². The van der Waals surface area contributed by atoms with Crippen LogP contribution in [0.2, 0.25) is 0 Å². The summed E-state index contributed by atoms with van der Waals surface area (Å²) in [5.74, 6) is 1.02. The summed E-state index contributed by atoms with van der Waals surface area (Å²) in [6.45, 7) is 4.95. The van der Waals surface area contributed by atoms with Crippen LogP contribution in [0.25, 0.3) is 0 Å². The highest BCUT2D eigenvalue weighted by molar-refractivity contribution is 5.79. The summed E-state index contributed by atoms with van der Waals surface area (Å²) in [5.41, 5.74) is 6.03. The van der Waals surface area contributed by atoms with Gasteiger partial charge in [-0.25, -0.2) is 0 Å². The van der Waals surface area contributed by atoms with Crippen molar-refractivity contribution in [2.75, 3.05) is 6.54 Å². The molecule has 1 unspecified atom stereocenters. The van der Waals surface area contributed by atoms with Gasteiger partial charge in [0.2, 0.25) is 5.91 Å². The smallest absolute Gasteiger partial charge is 0.223 e. The number of amides is 1. The number of hydrogen-bond acceptors (Lipinski definition) is 2. The molecule has 1 saturated carbocycles. The van der Waals surface area contributed by atoms with Crippen LogP contribution in [-0.4, -0.2) is 18.5 Å². The average molecular weight is 212 g/mol. The summed E-state index contributed by atoms with van der Waals surface area (Å²) in [5, 5.41) is 2.97. The van der Waals surface area contributed by atoms with E-state index in [-0.39, 0.29) is 17.9 Å². The third-order valence-electron chi connectivity index (χ3n) is 3.64. The van der Waals surface area contributed by atoms with Crippen molar-refractivity contribution in [1.29, 1.82) is 0 Å². The predicted molar refractivity (Wildman–Crippen MR) is 62.4 cm³/mol. The van der Waals surface area contributed by atoms with Gasteiger partial charge in [-0.3, -0.25) is 4.79 Å². The molecule has 0 spiro atoms. The molecule has 0 bridgehead atoms. The Hall–Kier alpha value is -0.570. The van der Waals surface area contributed by atoms with E-state index in [1.54, 1.807) is 0 Å². The van der Waals surface area contributed by atoms with E-state index >= 15 is 0 Å². The lowest BCUT2D eigenvalue weighted by Gasteiger charge is -2.26. The van der Waals surface area contributed by atoms with Gasteiger partial charge in [0.15, 0.2) is 0 Å². The number of carbonyl (C=O) groups excluding carboxylic acids is 1. The van der Waals surface area contributed by atoms with E-state index in [4.69, 9.17) is 5.73 Å². The third kappa shape index (κ3) is 3.49. The molecular weight excluding hydrogens is 188 g/mol. The maximum absolute atomic E-state index is 11.6. The Morgan fingerprint density at radius 1 is 1.40 bits per heavy atom. The molecule has 1 aliphatic carbocycles. The largest absolute Gasteiger partial charge is 0.354 e. The van der Waals surface area contributed by atoms with Gasteiger partial charge >= 0.3 is 0 Å². The minimum absolute atomic E-state index is 0.115. The Kier molecular flexibility index (Phi) is 5.09. The molecule has 1 amide bonds. The first-order valence-corrected chi connectivity index (χ1v) is 6.22. The Morgan fingerprint density at radius 3 is 2.40 bits per heavy atom. The number of hydrogen-bond donors (Lipinski definition) is 2.